The Morgan fingerprint density at radius 1 is 1.00 bits per heavy atom. The highest BCUT2D eigenvalue weighted by atomic mass is 16.2. The van der Waals surface area contributed by atoms with Crippen LogP contribution in [-0.2, 0) is 4.79 Å². The van der Waals surface area contributed by atoms with Crippen LogP contribution in [0.5, 0.6) is 0 Å². The monoisotopic (exact) mass is 210 g/mol. The molecule has 1 saturated carbocycles. The average Bonchev–Trinajstić information content (AvgIpc) is 2.31. The Morgan fingerprint density at radius 3 is 2.40 bits per heavy atom. The number of amides is 1. The summed E-state index contributed by atoms with van der Waals surface area (Å²) in [5.41, 5.74) is 0. The summed E-state index contributed by atoms with van der Waals surface area (Å²) in [5, 5.41) is 6.48. The van der Waals surface area contributed by atoms with E-state index in [0.717, 1.165) is 13.0 Å². The van der Waals surface area contributed by atoms with Gasteiger partial charge in [0.05, 0.1) is 6.04 Å². The van der Waals surface area contributed by atoms with Gasteiger partial charge >= 0.3 is 0 Å². The number of carbonyl (C=O) groups is 1. The lowest BCUT2D eigenvalue weighted by Crippen LogP contribution is -2.49. The molecule has 1 heterocycles. The van der Waals surface area contributed by atoms with Crippen LogP contribution in [0.1, 0.15) is 51.4 Å². The first-order chi connectivity index (χ1) is 7.36. The zero-order valence-electron chi connectivity index (χ0n) is 9.43. The lowest BCUT2D eigenvalue weighted by Gasteiger charge is -2.27. The molecule has 15 heavy (non-hydrogen) atoms. The van der Waals surface area contributed by atoms with Gasteiger partial charge in [-0.15, -0.1) is 0 Å². The zero-order chi connectivity index (χ0) is 10.5. The van der Waals surface area contributed by atoms with Crippen LogP contribution >= 0.6 is 0 Å². The number of hydrogen-bond acceptors (Lipinski definition) is 2. The highest BCUT2D eigenvalue weighted by Gasteiger charge is 2.23. The first kappa shape index (κ1) is 10.9. The van der Waals surface area contributed by atoms with Crippen molar-refractivity contribution in [2.45, 2.75) is 63.5 Å². The van der Waals surface area contributed by atoms with Crippen molar-refractivity contribution >= 4 is 5.91 Å². The molecule has 2 N–H and O–H groups in total. The summed E-state index contributed by atoms with van der Waals surface area (Å²) in [6.45, 7) is 1.00. The standard InChI is InChI=1S/C12H22N2O/c15-12(11-8-4-5-9-13-11)14-10-6-2-1-3-7-10/h10-11,13H,1-9H2,(H,14,15). The fourth-order valence-corrected chi connectivity index (χ4v) is 2.62. The summed E-state index contributed by atoms with van der Waals surface area (Å²) in [5.74, 6) is 0.238. The second-order valence-electron chi connectivity index (χ2n) is 4.85. The summed E-state index contributed by atoms with van der Waals surface area (Å²) < 4.78 is 0. The number of hydrogen-bond donors (Lipinski definition) is 2. The summed E-state index contributed by atoms with van der Waals surface area (Å²) in [6, 6.07) is 0.538. The van der Waals surface area contributed by atoms with Gasteiger partial charge in [-0.1, -0.05) is 25.7 Å². The maximum atomic E-state index is 11.9. The maximum absolute atomic E-state index is 11.9. The van der Waals surface area contributed by atoms with E-state index in [4.69, 9.17) is 0 Å². The van der Waals surface area contributed by atoms with Gasteiger partial charge in [0, 0.05) is 6.04 Å². The van der Waals surface area contributed by atoms with Gasteiger partial charge in [0.2, 0.25) is 5.91 Å². The van der Waals surface area contributed by atoms with E-state index in [0.29, 0.717) is 6.04 Å². The third-order valence-electron chi connectivity index (χ3n) is 3.58. The van der Waals surface area contributed by atoms with Crippen molar-refractivity contribution in [2.75, 3.05) is 6.54 Å². The maximum Gasteiger partial charge on any atom is 0.237 e. The lowest BCUT2D eigenvalue weighted by atomic mass is 9.95. The average molecular weight is 210 g/mol. The molecule has 2 aliphatic rings. The molecule has 1 aliphatic carbocycles. The van der Waals surface area contributed by atoms with E-state index >= 15 is 0 Å². The SMILES string of the molecule is O=C(NC1CCCCC1)C1CCCCN1. The third kappa shape index (κ3) is 3.20. The third-order valence-corrected chi connectivity index (χ3v) is 3.58. The first-order valence-electron chi connectivity index (χ1n) is 6.40. The van der Waals surface area contributed by atoms with E-state index in [2.05, 4.69) is 10.6 Å². The molecule has 2 fully saturated rings. The van der Waals surface area contributed by atoms with E-state index in [1.807, 2.05) is 0 Å². The molecule has 2 rings (SSSR count). The highest BCUT2D eigenvalue weighted by Crippen LogP contribution is 2.18. The minimum Gasteiger partial charge on any atom is -0.352 e. The van der Waals surface area contributed by atoms with Crippen LogP contribution in [0.3, 0.4) is 0 Å². The number of rotatable bonds is 2. The molecule has 0 bridgehead atoms. The largest absolute Gasteiger partial charge is 0.352 e. The van der Waals surface area contributed by atoms with Gasteiger partial charge < -0.3 is 10.6 Å². The Labute approximate surface area is 92.0 Å². The minimum atomic E-state index is 0.0840. The molecule has 1 aliphatic heterocycles. The van der Waals surface area contributed by atoms with Gasteiger partial charge in [0.1, 0.15) is 0 Å². The molecule has 1 atom stereocenters. The number of carbonyl (C=O) groups excluding carboxylic acids is 1. The summed E-state index contributed by atoms with van der Waals surface area (Å²) in [6.07, 6.45) is 9.68. The van der Waals surface area contributed by atoms with E-state index in [1.165, 1.54) is 44.9 Å². The van der Waals surface area contributed by atoms with Crippen molar-refractivity contribution in [3.63, 3.8) is 0 Å². The van der Waals surface area contributed by atoms with Crippen LogP contribution in [0.4, 0.5) is 0 Å². The first-order valence-corrected chi connectivity index (χ1v) is 6.40. The fraction of sp³-hybridized carbons (Fsp3) is 0.917. The van der Waals surface area contributed by atoms with Gasteiger partial charge in [-0.2, -0.15) is 0 Å². The van der Waals surface area contributed by atoms with Crippen molar-refractivity contribution in [1.29, 1.82) is 0 Å². The van der Waals surface area contributed by atoms with Gasteiger partial charge in [0.15, 0.2) is 0 Å². The molecule has 0 aromatic carbocycles. The Bertz CT molecular complexity index is 206. The van der Waals surface area contributed by atoms with Crippen LogP contribution in [0.25, 0.3) is 0 Å². The number of piperidine rings is 1. The molecule has 3 heteroatoms. The van der Waals surface area contributed by atoms with Crippen LogP contribution in [-0.4, -0.2) is 24.5 Å². The van der Waals surface area contributed by atoms with Crippen molar-refractivity contribution in [2.24, 2.45) is 0 Å². The normalized spacial score (nSPS) is 28.7. The highest BCUT2D eigenvalue weighted by molar-refractivity contribution is 5.82. The Morgan fingerprint density at radius 2 is 1.73 bits per heavy atom. The van der Waals surface area contributed by atoms with E-state index in [9.17, 15) is 4.79 Å². The molecule has 0 radical (unpaired) electrons. The van der Waals surface area contributed by atoms with Gasteiger partial charge in [-0.25, -0.2) is 0 Å². The van der Waals surface area contributed by atoms with Crippen molar-refractivity contribution < 1.29 is 4.79 Å². The summed E-state index contributed by atoms with van der Waals surface area (Å²) in [7, 11) is 0. The van der Waals surface area contributed by atoms with Crippen molar-refractivity contribution in [3.05, 3.63) is 0 Å². The van der Waals surface area contributed by atoms with Crippen molar-refractivity contribution in [3.8, 4) is 0 Å². The molecular formula is C12H22N2O. The topological polar surface area (TPSA) is 41.1 Å². The zero-order valence-corrected chi connectivity index (χ0v) is 9.43. The fourth-order valence-electron chi connectivity index (χ4n) is 2.62. The van der Waals surface area contributed by atoms with E-state index in [-0.39, 0.29) is 11.9 Å². The molecule has 86 valence electrons. The smallest absolute Gasteiger partial charge is 0.237 e. The lowest BCUT2D eigenvalue weighted by molar-refractivity contribution is -0.124. The predicted octanol–water partition coefficient (Wildman–Crippen LogP) is 1.58. The Balaban J connectivity index is 1.74. The molecule has 3 nitrogen and oxygen atoms in total. The summed E-state index contributed by atoms with van der Waals surface area (Å²) in [4.78, 5) is 11.9. The van der Waals surface area contributed by atoms with Gasteiger partial charge in [-0.3, -0.25) is 4.79 Å². The molecule has 1 amide bonds. The Hall–Kier alpha value is -0.570. The molecule has 0 aromatic heterocycles. The van der Waals surface area contributed by atoms with Crippen LogP contribution < -0.4 is 10.6 Å². The molecule has 1 saturated heterocycles. The molecule has 0 aromatic rings. The summed E-state index contributed by atoms with van der Waals surface area (Å²) >= 11 is 0. The molecule has 0 spiro atoms. The van der Waals surface area contributed by atoms with Gasteiger partial charge in [-0.05, 0) is 32.2 Å². The van der Waals surface area contributed by atoms with Gasteiger partial charge in [0.25, 0.3) is 0 Å². The number of nitrogens with one attached hydrogen (secondary N) is 2. The second kappa shape index (κ2) is 5.50. The van der Waals surface area contributed by atoms with E-state index < -0.39 is 0 Å². The molecule has 1 unspecified atom stereocenters. The Kier molecular flexibility index (Phi) is 4.01. The molecular weight excluding hydrogens is 188 g/mol. The van der Waals surface area contributed by atoms with Crippen LogP contribution in [0.15, 0.2) is 0 Å². The minimum absolute atomic E-state index is 0.0840. The van der Waals surface area contributed by atoms with Crippen molar-refractivity contribution in [1.82, 2.24) is 10.6 Å². The quantitative estimate of drug-likeness (QED) is 0.726. The predicted molar refractivity (Wildman–Crippen MR) is 60.7 cm³/mol. The second-order valence-corrected chi connectivity index (χ2v) is 4.85. The van der Waals surface area contributed by atoms with E-state index in [1.54, 1.807) is 0 Å². The van der Waals surface area contributed by atoms with Crippen LogP contribution in [0, 0.1) is 0 Å². The van der Waals surface area contributed by atoms with Crippen LogP contribution in [0.2, 0.25) is 0 Å².